The number of hydrogen-bond donors (Lipinski definition) is 0. The minimum atomic E-state index is -0.469. The van der Waals surface area contributed by atoms with Crippen molar-refractivity contribution in [3.63, 3.8) is 0 Å². The van der Waals surface area contributed by atoms with E-state index in [1.807, 2.05) is 12.1 Å². The SMILES string of the molecule is COc1ccc2c(c1)CN(c1ccc([N+](=O)[O-])c(C(=O)N3CCCC3)c1)CC2. The van der Waals surface area contributed by atoms with E-state index in [9.17, 15) is 14.9 Å². The molecule has 1 amide bonds. The van der Waals surface area contributed by atoms with Crippen LogP contribution < -0.4 is 9.64 Å². The number of rotatable bonds is 4. The summed E-state index contributed by atoms with van der Waals surface area (Å²) in [5, 5.41) is 11.5. The second-order valence-electron chi connectivity index (χ2n) is 7.26. The predicted molar refractivity (Wildman–Crippen MR) is 106 cm³/mol. The maximum absolute atomic E-state index is 12.9. The zero-order valence-corrected chi connectivity index (χ0v) is 15.9. The number of benzene rings is 2. The smallest absolute Gasteiger partial charge is 0.282 e. The molecule has 0 spiro atoms. The first-order chi connectivity index (χ1) is 13.6. The van der Waals surface area contributed by atoms with Crippen molar-refractivity contribution >= 4 is 17.3 Å². The number of nitro benzene ring substituents is 1. The zero-order valence-electron chi connectivity index (χ0n) is 15.9. The van der Waals surface area contributed by atoms with Crippen LogP contribution in [0.5, 0.6) is 5.75 Å². The molecule has 2 heterocycles. The Labute approximate surface area is 163 Å². The van der Waals surface area contributed by atoms with Gasteiger partial charge >= 0.3 is 0 Å². The van der Waals surface area contributed by atoms with Gasteiger partial charge in [0.05, 0.1) is 12.0 Å². The van der Waals surface area contributed by atoms with Crippen molar-refractivity contribution in [1.82, 2.24) is 4.90 Å². The Morgan fingerprint density at radius 3 is 2.57 bits per heavy atom. The Balaban J connectivity index is 1.65. The van der Waals surface area contributed by atoms with Crippen molar-refractivity contribution in [2.24, 2.45) is 0 Å². The van der Waals surface area contributed by atoms with Gasteiger partial charge in [-0.25, -0.2) is 0 Å². The van der Waals surface area contributed by atoms with Gasteiger partial charge < -0.3 is 14.5 Å². The first kappa shape index (κ1) is 18.3. The van der Waals surface area contributed by atoms with E-state index < -0.39 is 4.92 Å². The van der Waals surface area contributed by atoms with Gasteiger partial charge in [-0.1, -0.05) is 6.07 Å². The van der Waals surface area contributed by atoms with Crippen LogP contribution >= 0.6 is 0 Å². The third-order valence-electron chi connectivity index (χ3n) is 5.59. The van der Waals surface area contributed by atoms with Gasteiger partial charge in [0.2, 0.25) is 0 Å². The van der Waals surface area contributed by atoms with E-state index in [0.29, 0.717) is 19.6 Å². The van der Waals surface area contributed by atoms with Crippen LogP contribution in [0, 0.1) is 10.1 Å². The van der Waals surface area contributed by atoms with Crippen molar-refractivity contribution in [2.75, 3.05) is 31.6 Å². The van der Waals surface area contributed by atoms with E-state index in [1.165, 1.54) is 17.2 Å². The molecule has 7 heteroatoms. The third-order valence-corrected chi connectivity index (χ3v) is 5.59. The van der Waals surface area contributed by atoms with E-state index >= 15 is 0 Å². The number of fused-ring (bicyclic) bond motifs is 1. The van der Waals surface area contributed by atoms with Gasteiger partial charge in [-0.2, -0.15) is 0 Å². The fraction of sp³-hybridized carbons (Fsp3) is 0.381. The lowest BCUT2D eigenvalue weighted by Gasteiger charge is -2.31. The molecule has 28 heavy (non-hydrogen) atoms. The Bertz CT molecular complexity index is 922. The van der Waals surface area contributed by atoms with Gasteiger partial charge in [-0.15, -0.1) is 0 Å². The molecule has 0 radical (unpaired) electrons. The molecular formula is C21H23N3O4. The summed E-state index contributed by atoms with van der Waals surface area (Å²) in [4.78, 5) is 27.7. The minimum Gasteiger partial charge on any atom is -0.497 e. The van der Waals surface area contributed by atoms with Crippen LogP contribution in [0.15, 0.2) is 36.4 Å². The van der Waals surface area contributed by atoms with E-state index in [-0.39, 0.29) is 17.2 Å². The van der Waals surface area contributed by atoms with Crippen LogP contribution in [0.25, 0.3) is 0 Å². The number of carbonyl (C=O) groups excluding carboxylic acids is 1. The molecule has 0 aliphatic carbocycles. The van der Waals surface area contributed by atoms with Gasteiger partial charge in [0.25, 0.3) is 11.6 Å². The third kappa shape index (κ3) is 3.40. The molecule has 2 aliphatic rings. The second-order valence-corrected chi connectivity index (χ2v) is 7.26. The summed E-state index contributed by atoms with van der Waals surface area (Å²) in [6.07, 6.45) is 2.78. The lowest BCUT2D eigenvalue weighted by Crippen LogP contribution is -2.31. The summed E-state index contributed by atoms with van der Waals surface area (Å²) < 4.78 is 5.33. The predicted octanol–water partition coefficient (Wildman–Crippen LogP) is 3.40. The number of carbonyl (C=O) groups is 1. The average Bonchev–Trinajstić information content (AvgIpc) is 3.26. The highest BCUT2D eigenvalue weighted by molar-refractivity contribution is 5.99. The van der Waals surface area contributed by atoms with Crippen molar-refractivity contribution in [2.45, 2.75) is 25.8 Å². The normalized spacial score (nSPS) is 16.0. The van der Waals surface area contributed by atoms with Crippen LogP contribution in [-0.2, 0) is 13.0 Å². The monoisotopic (exact) mass is 381 g/mol. The van der Waals surface area contributed by atoms with Gasteiger partial charge in [0, 0.05) is 37.9 Å². The van der Waals surface area contributed by atoms with Gasteiger partial charge in [0.1, 0.15) is 11.3 Å². The molecule has 4 rings (SSSR count). The highest BCUT2D eigenvalue weighted by atomic mass is 16.6. The largest absolute Gasteiger partial charge is 0.497 e. The highest BCUT2D eigenvalue weighted by Crippen LogP contribution is 2.31. The maximum Gasteiger partial charge on any atom is 0.282 e. The summed E-state index contributed by atoms with van der Waals surface area (Å²) in [7, 11) is 1.65. The van der Waals surface area contributed by atoms with E-state index in [2.05, 4.69) is 11.0 Å². The van der Waals surface area contributed by atoms with Crippen LogP contribution in [-0.4, -0.2) is 42.5 Å². The number of ether oxygens (including phenoxy) is 1. The zero-order chi connectivity index (χ0) is 19.7. The van der Waals surface area contributed by atoms with E-state index in [0.717, 1.165) is 37.2 Å². The van der Waals surface area contributed by atoms with Crippen LogP contribution in [0.2, 0.25) is 0 Å². The molecule has 146 valence electrons. The Kier molecular flexibility index (Phi) is 4.90. The number of anilines is 1. The quantitative estimate of drug-likeness (QED) is 0.599. The molecule has 0 saturated carbocycles. The Morgan fingerprint density at radius 2 is 1.86 bits per heavy atom. The summed E-state index contributed by atoms with van der Waals surface area (Å²) in [6.45, 7) is 2.81. The topological polar surface area (TPSA) is 75.9 Å². The lowest BCUT2D eigenvalue weighted by molar-refractivity contribution is -0.385. The van der Waals surface area contributed by atoms with Crippen molar-refractivity contribution in [3.05, 3.63) is 63.2 Å². The molecule has 0 aromatic heterocycles. The second kappa shape index (κ2) is 7.50. The maximum atomic E-state index is 12.9. The fourth-order valence-electron chi connectivity index (χ4n) is 4.02. The Hall–Kier alpha value is -3.09. The summed E-state index contributed by atoms with van der Waals surface area (Å²) in [5.41, 5.74) is 3.35. The first-order valence-electron chi connectivity index (χ1n) is 9.55. The van der Waals surface area contributed by atoms with Crippen LogP contribution in [0.4, 0.5) is 11.4 Å². The molecule has 0 N–H and O–H groups in total. The number of likely N-dealkylation sites (tertiary alicyclic amines) is 1. The molecule has 1 fully saturated rings. The molecule has 2 aromatic rings. The number of methoxy groups -OCH3 is 1. The number of nitro groups is 1. The summed E-state index contributed by atoms with van der Waals surface area (Å²) in [5.74, 6) is 0.569. The summed E-state index contributed by atoms with van der Waals surface area (Å²) >= 11 is 0. The minimum absolute atomic E-state index is 0.125. The molecular weight excluding hydrogens is 358 g/mol. The van der Waals surface area contributed by atoms with Gasteiger partial charge in [-0.3, -0.25) is 14.9 Å². The van der Waals surface area contributed by atoms with Crippen molar-refractivity contribution < 1.29 is 14.5 Å². The van der Waals surface area contributed by atoms with Crippen molar-refractivity contribution in [3.8, 4) is 5.75 Å². The molecule has 0 unspecified atom stereocenters. The van der Waals surface area contributed by atoms with E-state index in [4.69, 9.17) is 4.74 Å². The number of nitrogens with zero attached hydrogens (tertiary/aromatic N) is 3. The molecule has 2 aromatic carbocycles. The molecule has 7 nitrogen and oxygen atoms in total. The van der Waals surface area contributed by atoms with Crippen molar-refractivity contribution in [1.29, 1.82) is 0 Å². The van der Waals surface area contributed by atoms with Gasteiger partial charge in [0.15, 0.2) is 0 Å². The van der Waals surface area contributed by atoms with Crippen LogP contribution in [0.1, 0.15) is 34.3 Å². The molecule has 2 aliphatic heterocycles. The molecule has 0 bridgehead atoms. The number of amides is 1. The standard InChI is InChI=1S/C21H23N3O4/c1-28-18-6-4-15-8-11-23(14-16(15)12-18)17-5-7-20(24(26)27)19(13-17)21(25)22-9-2-3-10-22/h4-7,12-13H,2-3,8-11,14H2,1H3. The fourth-order valence-corrected chi connectivity index (χ4v) is 4.02. The van der Waals surface area contributed by atoms with Crippen LogP contribution in [0.3, 0.4) is 0 Å². The molecule has 0 atom stereocenters. The summed E-state index contributed by atoms with van der Waals surface area (Å²) in [6, 6.07) is 11.0. The number of hydrogen-bond acceptors (Lipinski definition) is 5. The van der Waals surface area contributed by atoms with E-state index in [1.54, 1.807) is 24.1 Å². The van der Waals surface area contributed by atoms with Gasteiger partial charge in [-0.05, 0) is 54.7 Å². The molecule has 1 saturated heterocycles. The highest BCUT2D eigenvalue weighted by Gasteiger charge is 2.28. The first-order valence-corrected chi connectivity index (χ1v) is 9.55. The average molecular weight is 381 g/mol. The lowest BCUT2D eigenvalue weighted by atomic mass is 9.98. The Morgan fingerprint density at radius 1 is 1.07 bits per heavy atom.